The summed E-state index contributed by atoms with van der Waals surface area (Å²) in [5.74, 6) is 1.92. The smallest absolute Gasteiger partial charge is 0.161 e. The van der Waals surface area contributed by atoms with E-state index in [9.17, 15) is 5.26 Å². The molecule has 1 aromatic heterocycles. The molecule has 11 nitrogen and oxygen atoms in total. The van der Waals surface area contributed by atoms with Gasteiger partial charge in [-0.25, -0.2) is 25.1 Å². The Morgan fingerprint density at radius 2 is 1.69 bits per heavy atom. The van der Waals surface area contributed by atoms with Gasteiger partial charge in [0, 0.05) is 24.2 Å². The minimum absolute atomic E-state index is 0.620. The summed E-state index contributed by atoms with van der Waals surface area (Å²) in [6.45, 7) is 9.22. The zero-order valence-corrected chi connectivity index (χ0v) is 24.0. The quantitative estimate of drug-likeness (QED) is 0.502. The van der Waals surface area contributed by atoms with Gasteiger partial charge in [0.1, 0.15) is 36.6 Å². The van der Waals surface area contributed by atoms with Crippen LogP contribution in [0.1, 0.15) is 25.8 Å². The third-order valence-electron chi connectivity index (χ3n) is 6.95. The third-order valence-corrected chi connectivity index (χ3v) is 7.87. The summed E-state index contributed by atoms with van der Waals surface area (Å²) >= 11 is 1.71. The van der Waals surface area contributed by atoms with Gasteiger partial charge in [0.05, 0.1) is 56.0 Å². The molecule has 12 heteroatoms. The number of anilines is 1. The van der Waals surface area contributed by atoms with E-state index in [1.165, 1.54) is 4.90 Å². The van der Waals surface area contributed by atoms with E-state index in [1.807, 2.05) is 31.7 Å². The van der Waals surface area contributed by atoms with Crippen LogP contribution in [0.2, 0.25) is 0 Å². The summed E-state index contributed by atoms with van der Waals surface area (Å²) < 4.78 is 0. The zero-order valence-electron chi connectivity index (χ0n) is 23.2. The summed E-state index contributed by atoms with van der Waals surface area (Å²) in [6, 6.07) is 2.31. The number of aliphatic imine (C=N–C) groups is 2. The molecule has 0 radical (unpaired) electrons. The van der Waals surface area contributed by atoms with E-state index in [2.05, 4.69) is 55.8 Å². The highest BCUT2D eigenvalue weighted by molar-refractivity contribution is 7.98. The maximum absolute atomic E-state index is 9.45. The average molecular weight is 548 g/mol. The highest BCUT2D eigenvalue weighted by Gasteiger charge is 2.36. The summed E-state index contributed by atoms with van der Waals surface area (Å²) in [6.07, 6.45) is 12.5. The Balaban J connectivity index is 0.000000160. The maximum Gasteiger partial charge on any atom is 0.161 e. The molecule has 0 spiro atoms. The average Bonchev–Trinajstić information content (AvgIpc) is 3.57. The third kappa shape index (κ3) is 4.78. The zero-order chi connectivity index (χ0) is 27.7. The van der Waals surface area contributed by atoms with Crippen molar-refractivity contribution >= 4 is 35.7 Å². The number of rotatable bonds is 5. The lowest BCUT2D eigenvalue weighted by molar-refractivity contribution is -0.0971. The number of hydroxylamine groups is 4. The molecule has 0 saturated carbocycles. The van der Waals surface area contributed by atoms with E-state index < -0.39 is 0 Å². The Hall–Kier alpha value is -3.79. The van der Waals surface area contributed by atoms with Crippen molar-refractivity contribution in [2.24, 2.45) is 9.98 Å². The Labute approximate surface area is 233 Å². The van der Waals surface area contributed by atoms with Crippen molar-refractivity contribution in [3.8, 4) is 6.07 Å². The largest absolute Gasteiger partial charge is 0.352 e. The molecule has 0 atom stereocenters. The fraction of sp³-hybridized carbons (Fsp3) is 0.407. The first-order valence-corrected chi connectivity index (χ1v) is 14.0. The molecule has 0 amide bonds. The fourth-order valence-corrected chi connectivity index (χ4v) is 5.80. The molecule has 0 unspecified atom stereocenters. The molecule has 0 saturated heterocycles. The topological polar surface area (TPSA) is 96.1 Å². The van der Waals surface area contributed by atoms with Crippen molar-refractivity contribution in [1.82, 2.24) is 24.9 Å². The Bertz CT molecular complexity index is 1390. The first-order valence-electron chi connectivity index (χ1n) is 12.7. The lowest BCUT2D eigenvalue weighted by Crippen LogP contribution is -2.42. The van der Waals surface area contributed by atoms with Gasteiger partial charge in [0.25, 0.3) is 0 Å². The molecule has 0 bridgehead atoms. The normalized spacial score (nSPS) is 18.8. The van der Waals surface area contributed by atoms with Gasteiger partial charge in [-0.2, -0.15) is 5.26 Å². The van der Waals surface area contributed by atoms with Gasteiger partial charge in [0.15, 0.2) is 5.82 Å². The second-order valence-corrected chi connectivity index (χ2v) is 10.3. The van der Waals surface area contributed by atoms with Crippen LogP contribution >= 0.6 is 11.8 Å². The summed E-state index contributed by atoms with van der Waals surface area (Å²) in [5, 5.41) is 13.0. The highest BCUT2D eigenvalue weighted by Crippen LogP contribution is 2.42. The predicted molar refractivity (Wildman–Crippen MR) is 153 cm³/mol. The molecular formula is C27H33N9O2S. The van der Waals surface area contributed by atoms with E-state index in [4.69, 9.17) is 9.68 Å². The van der Waals surface area contributed by atoms with Crippen LogP contribution in [0.15, 0.2) is 67.5 Å². The van der Waals surface area contributed by atoms with Crippen molar-refractivity contribution in [2.75, 3.05) is 51.8 Å². The summed E-state index contributed by atoms with van der Waals surface area (Å²) in [7, 11) is 3.31. The van der Waals surface area contributed by atoms with E-state index in [-0.39, 0.29) is 0 Å². The minimum atomic E-state index is 0.620. The van der Waals surface area contributed by atoms with Crippen LogP contribution in [0.4, 0.5) is 11.5 Å². The number of nitriles is 1. The van der Waals surface area contributed by atoms with Gasteiger partial charge in [-0.05, 0) is 37.7 Å². The first-order chi connectivity index (χ1) is 18.9. The molecule has 6 heterocycles. The second-order valence-electron chi connectivity index (χ2n) is 9.47. The minimum Gasteiger partial charge on any atom is -0.352 e. The number of pyridine rings is 1. The Kier molecular flexibility index (Phi) is 7.65. The second kappa shape index (κ2) is 11.1. The van der Waals surface area contributed by atoms with E-state index in [0.717, 1.165) is 65.1 Å². The SMILES string of the molecule is CCCN1CC(C)=C(C#N)C2=C1N1CN(OC)C=C1C=N2.CON1C=C2C=Nc3c(ncc(C)c3SC)N2C1. The Morgan fingerprint density at radius 3 is 2.33 bits per heavy atom. The van der Waals surface area contributed by atoms with Crippen LogP contribution in [-0.2, 0) is 9.68 Å². The molecular weight excluding hydrogens is 514 g/mol. The molecule has 0 fully saturated rings. The van der Waals surface area contributed by atoms with Crippen LogP contribution in [0.25, 0.3) is 0 Å². The monoisotopic (exact) mass is 547 g/mol. The van der Waals surface area contributed by atoms with Crippen LogP contribution < -0.4 is 4.90 Å². The van der Waals surface area contributed by atoms with Crippen LogP contribution in [-0.4, -0.2) is 84.2 Å². The van der Waals surface area contributed by atoms with E-state index >= 15 is 0 Å². The lowest BCUT2D eigenvalue weighted by Gasteiger charge is -2.39. The number of aryl methyl sites for hydroxylation is 1. The molecule has 1 aromatic rings. The van der Waals surface area contributed by atoms with Crippen molar-refractivity contribution in [3.63, 3.8) is 0 Å². The van der Waals surface area contributed by atoms with Crippen LogP contribution in [0.3, 0.4) is 0 Å². The van der Waals surface area contributed by atoms with Gasteiger partial charge in [-0.15, -0.1) is 11.8 Å². The first kappa shape index (κ1) is 26.8. The molecule has 0 N–H and O–H groups in total. The number of aromatic nitrogens is 1. The molecule has 39 heavy (non-hydrogen) atoms. The fourth-order valence-electron chi connectivity index (χ4n) is 5.09. The molecule has 6 rings (SSSR count). The highest BCUT2D eigenvalue weighted by atomic mass is 32.2. The van der Waals surface area contributed by atoms with E-state index in [1.54, 1.807) is 42.3 Å². The number of thioether (sulfide) groups is 1. The van der Waals surface area contributed by atoms with Gasteiger partial charge in [-0.3, -0.25) is 9.68 Å². The molecule has 5 aliphatic heterocycles. The molecule has 204 valence electrons. The number of allylic oxidation sites excluding steroid dienone is 3. The molecule has 0 aliphatic carbocycles. The number of hydrogen-bond donors (Lipinski definition) is 0. The van der Waals surface area contributed by atoms with Gasteiger partial charge in [0.2, 0.25) is 0 Å². The van der Waals surface area contributed by atoms with Crippen molar-refractivity contribution < 1.29 is 9.68 Å². The summed E-state index contributed by atoms with van der Waals surface area (Å²) in [5.41, 5.74) is 6.68. The number of fused-ring (bicyclic) bond motifs is 5. The van der Waals surface area contributed by atoms with Crippen molar-refractivity contribution in [1.29, 1.82) is 5.26 Å². The van der Waals surface area contributed by atoms with Gasteiger partial charge in [-0.1, -0.05) is 6.92 Å². The number of hydrogen-bond acceptors (Lipinski definition) is 12. The van der Waals surface area contributed by atoms with Crippen LogP contribution in [0.5, 0.6) is 0 Å². The predicted octanol–water partition coefficient (Wildman–Crippen LogP) is 4.09. The number of nitrogens with zero attached hydrogens (tertiary/aromatic N) is 9. The molecule has 5 aliphatic rings. The molecule has 0 aromatic carbocycles. The van der Waals surface area contributed by atoms with Crippen molar-refractivity contribution in [2.45, 2.75) is 32.1 Å². The van der Waals surface area contributed by atoms with Gasteiger partial charge < -0.3 is 14.7 Å². The Morgan fingerprint density at radius 1 is 1.03 bits per heavy atom. The van der Waals surface area contributed by atoms with Crippen LogP contribution in [0, 0.1) is 18.3 Å². The van der Waals surface area contributed by atoms with E-state index in [0.29, 0.717) is 18.9 Å². The summed E-state index contributed by atoms with van der Waals surface area (Å²) in [4.78, 5) is 31.8. The standard InChI is InChI=1S/C15H19N5O.C12H14N4OS/c1-4-5-18-8-11(2)13(6-16)14-15(18)20-10-19(21-3)9-12(20)7-17-14;1-8-4-14-12-10(11(8)18-3)13-5-9-6-15(17-2)7-16(9)12/h7,9H,4-5,8,10H2,1-3H3;4-6H,7H2,1-3H3. The van der Waals surface area contributed by atoms with Gasteiger partial charge >= 0.3 is 0 Å². The lowest BCUT2D eigenvalue weighted by atomic mass is 10.0. The van der Waals surface area contributed by atoms with Crippen molar-refractivity contribution in [3.05, 3.63) is 58.2 Å². The maximum atomic E-state index is 9.45.